The Kier molecular flexibility index (Phi) is 2.84. The first-order valence-corrected chi connectivity index (χ1v) is 8.31. The number of hydrogen-bond acceptors (Lipinski definition) is 1. The topological polar surface area (TPSA) is 20.3 Å². The molecule has 108 valence electrons. The van der Waals surface area contributed by atoms with Gasteiger partial charge in [-0.3, -0.25) is 4.79 Å². The summed E-state index contributed by atoms with van der Waals surface area (Å²) in [5.41, 5.74) is 1.35. The molecule has 4 aliphatic rings. The number of piperidine rings is 1. The summed E-state index contributed by atoms with van der Waals surface area (Å²) in [7, 11) is 1.99. The maximum Gasteiger partial charge on any atom is 0.229 e. The largest absolute Gasteiger partial charge is 0.319 e. The van der Waals surface area contributed by atoms with Crippen LogP contribution in [0, 0.1) is 35.5 Å². The minimum Gasteiger partial charge on any atom is -0.319 e. The van der Waals surface area contributed by atoms with Crippen molar-refractivity contribution in [1.29, 1.82) is 0 Å². The summed E-state index contributed by atoms with van der Waals surface area (Å²) in [6.45, 7) is 2.11. The molecule has 1 saturated carbocycles. The van der Waals surface area contributed by atoms with Gasteiger partial charge in [0.25, 0.3) is 0 Å². The molecule has 1 saturated heterocycles. The number of allylic oxidation sites excluding steroid dienone is 4. The Bertz CT molecular complexity index is 492. The molecular weight excluding hydrogens is 246 g/mol. The summed E-state index contributed by atoms with van der Waals surface area (Å²) < 4.78 is 0. The van der Waals surface area contributed by atoms with E-state index in [0.717, 1.165) is 30.1 Å². The molecule has 0 bridgehead atoms. The summed E-state index contributed by atoms with van der Waals surface area (Å²) in [6, 6.07) is 0. The Balaban J connectivity index is 1.65. The van der Waals surface area contributed by atoms with Gasteiger partial charge in [0.1, 0.15) is 0 Å². The summed E-state index contributed by atoms with van der Waals surface area (Å²) in [5.74, 6) is 4.62. The monoisotopic (exact) mass is 271 g/mol. The van der Waals surface area contributed by atoms with Gasteiger partial charge in [0.05, 0.1) is 0 Å². The lowest BCUT2D eigenvalue weighted by Gasteiger charge is -2.50. The quantitative estimate of drug-likeness (QED) is 0.616. The minimum absolute atomic E-state index is 0.209. The average Bonchev–Trinajstić information content (AvgIpc) is 2.93. The van der Waals surface area contributed by atoms with E-state index in [-0.39, 0.29) is 5.92 Å². The lowest BCUT2D eigenvalue weighted by molar-refractivity contribution is -0.136. The first-order chi connectivity index (χ1) is 9.66. The number of likely N-dealkylation sites (tertiary alicyclic amines) is 1. The summed E-state index contributed by atoms with van der Waals surface area (Å²) >= 11 is 0. The second kappa shape index (κ2) is 4.47. The van der Waals surface area contributed by atoms with Gasteiger partial charge in [-0.05, 0) is 55.8 Å². The molecule has 0 aromatic carbocycles. The van der Waals surface area contributed by atoms with Crippen molar-refractivity contribution < 1.29 is 4.79 Å². The Hall–Kier alpha value is -1.05. The fourth-order valence-corrected chi connectivity index (χ4v) is 5.54. The molecule has 1 amide bonds. The Morgan fingerprint density at radius 3 is 2.85 bits per heavy atom. The number of nitrogens with zero attached hydrogens (tertiary/aromatic N) is 1. The van der Waals surface area contributed by atoms with Gasteiger partial charge in [-0.1, -0.05) is 25.2 Å². The fraction of sp³-hybridized carbons (Fsp3) is 0.722. The third-order valence-electron chi connectivity index (χ3n) is 6.52. The molecule has 2 fully saturated rings. The van der Waals surface area contributed by atoms with Gasteiger partial charge in [0.2, 0.25) is 5.91 Å². The Labute approximate surface area is 121 Å². The van der Waals surface area contributed by atoms with Crippen molar-refractivity contribution in [2.75, 3.05) is 7.05 Å². The van der Waals surface area contributed by atoms with E-state index >= 15 is 0 Å². The van der Waals surface area contributed by atoms with Crippen LogP contribution in [0.3, 0.4) is 0 Å². The normalized spacial score (nSPS) is 46.6. The van der Waals surface area contributed by atoms with E-state index in [1.165, 1.54) is 31.4 Å². The third kappa shape index (κ3) is 1.66. The zero-order chi connectivity index (χ0) is 13.9. The molecule has 0 N–H and O–H groups in total. The van der Waals surface area contributed by atoms with Crippen LogP contribution in [0.5, 0.6) is 0 Å². The van der Waals surface area contributed by atoms with Crippen molar-refractivity contribution in [1.82, 2.24) is 4.90 Å². The molecule has 0 spiro atoms. The van der Waals surface area contributed by atoms with E-state index in [9.17, 15) is 4.79 Å². The number of carbonyl (C=O) groups excluding carboxylic acids is 1. The van der Waals surface area contributed by atoms with Crippen LogP contribution in [0.25, 0.3) is 0 Å². The van der Waals surface area contributed by atoms with E-state index in [4.69, 9.17) is 0 Å². The van der Waals surface area contributed by atoms with E-state index < -0.39 is 0 Å². The van der Waals surface area contributed by atoms with Gasteiger partial charge in [0.15, 0.2) is 0 Å². The molecule has 1 aliphatic heterocycles. The predicted octanol–water partition coefficient (Wildman–Crippen LogP) is 3.61. The van der Waals surface area contributed by atoms with Crippen LogP contribution in [0.2, 0.25) is 0 Å². The van der Waals surface area contributed by atoms with E-state index in [1.54, 1.807) is 0 Å². The Morgan fingerprint density at radius 1 is 1.15 bits per heavy atom. The van der Waals surface area contributed by atoms with Gasteiger partial charge >= 0.3 is 0 Å². The van der Waals surface area contributed by atoms with Crippen molar-refractivity contribution in [3.05, 3.63) is 23.9 Å². The summed E-state index contributed by atoms with van der Waals surface area (Å²) in [4.78, 5) is 14.2. The molecular formula is C18H25NO. The van der Waals surface area contributed by atoms with Crippen molar-refractivity contribution in [2.24, 2.45) is 35.5 Å². The third-order valence-corrected chi connectivity index (χ3v) is 6.52. The maximum absolute atomic E-state index is 12.2. The number of fused-ring (bicyclic) bond motifs is 5. The zero-order valence-corrected chi connectivity index (χ0v) is 12.6. The molecule has 0 aromatic rings. The molecule has 6 unspecified atom stereocenters. The van der Waals surface area contributed by atoms with Crippen LogP contribution in [0.4, 0.5) is 0 Å². The molecule has 0 aromatic heterocycles. The smallest absolute Gasteiger partial charge is 0.229 e. The van der Waals surface area contributed by atoms with Gasteiger partial charge in [-0.2, -0.15) is 0 Å². The van der Waals surface area contributed by atoms with Crippen molar-refractivity contribution in [3.8, 4) is 0 Å². The number of hydrogen-bond donors (Lipinski definition) is 0. The lowest BCUT2D eigenvalue weighted by Crippen LogP contribution is -2.48. The first kappa shape index (κ1) is 12.7. The average molecular weight is 271 g/mol. The zero-order valence-electron chi connectivity index (χ0n) is 12.6. The van der Waals surface area contributed by atoms with Crippen LogP contribution < -0.4 is 0 Å². The second-order valence-electron chi connectivity index (χ2n) is 7.40. The van der Waals surface area contributed by atoms with Gasteiger partial charge < -0.3 is 4.90 Å². The van der Waals surface area contributed by atoms with Crippen LogP contribution in [-0.4, -0.2) is 17.9 Å². The maximum atomic E-state index is 12.2. The standard InChI is InChI=1S/C18H25NO/c1-11-10-16-15-7-6-12-4-3-5-13(12)14(15)8-9-17(16)19(2)18(11)20/h3-4,9,11-16H,5-8,10H2,1-2H3. The highest BCUT2D eigenvalue weighted by molar-refractivity contribution is 5.81. The highest BCUT2D eigenvalue weighted by atomic mass is 16.2. The van der Waals surface area contributed by atoms with E-state index in [1.807, 2.05) is 11.9 Å². The first-order valence-electron chi connectivity index (χ1n) is 8.31. The van der Waals surface area contributed by atoms with E-state index in [2.05, 4.69) is 25.2 Å². The van der Waals surface area contributed by atoms with Gasteiger partial charge in [-0.25, -0.2) is 0 Å². The Morgan fingerprint density at radius 2 is 2.00 bits per heavy atom. The summed E-state index contributed by atoms with van der Waals surface area (Å²) in [6.07, 6.45) is 13.6. The molecule has 0 radical (unpaired) electrons. The van der Waals surface area contributed by atoms with Crippen LogP contribution >= 0.6 is 0 Å². The molecule has 1 heterocycles. The van der Waals surface area contributed by atoms with E-state index in [0.29, 0.717) is 11.8 Å². The molecule has 2 nitrogen and oxygen atoms in total. The highest BCUT2D eigenvalue weighted by Gasteiger charge is 2.48. The highest BCUT2D eigenvalue weighted by Crippen LogP contribution is 2.54. The van der Waals surface area contributed by atoms with Crippen molar-refractivity contribution in [2.45, 2.75) is 39.0 Å². The predicted molar refractivity (Wildman–Crippen MR) is 79.7 cm³/mol. The SMILES string of the molecule is CC1CC2C(=CCC3C4CC=CC4CCC23)N(C)C1=O. The van der Waals surface area contributed by atoms with Crippen LogP contribution in [0.15, 0.2) is 23.9 Å². The second-order valence-corrected chi connectivity index (χ2v) is 7.40. The van der Waals surface area contributed by atoms with Gasteiger partial charge in [-0.15, -0.1) is 0 Å². The molecule has 6 atom stereocenters. The number of amides is 1. The van der Waals surface area contributed by atoms with Crippen molar-refractivity contribution >= 4 is 5.91 Å². The molecule has 3 aliphatic carbocycles. The minimum atomic E-state index is 0.209. The fourth-order valence-electron chi connectivity index (χ4n) is 5.54. The molecule has 2 heteroatoms. The number of carbonyl (C=O) groups is 1. The van der Waals surface area contributed by atoms with Gasteiger partial charge in [0, 0.05) is 24.6 Å². The summed E-state index contributed by atoms with van der Waals surface area (Å²) in [5, 5.41) is 0. The number of rotatable bonds is 0. The molecule has 20 heavy (non-hydrogen) atoms. The van der Waals surface area contributed by atoms with Crippen LogP contribution in [0.1, 0.15) is 39.0 Å². The van der Waals surface area contributed by atoms with Crippen molar-refractivity contribution in [3.63, 3.8) is 0 Å². The van der Waals surface area contributed by atoms with Crippen LogP contribution in [-0.2, 0) is 4.79 Å². The lowest BCUT2D eigenvalue weighted by atomic mass is 9.58. The molecule has 4 rings (SSSR count).